The van der Waals surface area contributed by atoms with E-state index in [1.807, 2.05) is 0 Å². The molecule has 66 valence electrons. The van der Waals surface area contributed by atoms with Crippen molar-refractivity contribution in [3.05, 3.63) is 0 Å². The average molecular weight is 156 g/mol. The molecule has 0 bridgehead atoms. The van der Waals surface area contributed by atoms with Gasteiger partial charge in [-0.05, 0) is 18.8 Å². The largest absolute Gasteiger partial charge is 0.329 e. The van der Waals surface area contributed by atoms with Crippen LogP contribution in [0.5, 0.6) is 0 Å². The molecule has 1 aliphatic carbocycles. The highest BCUT2D eigenvalue weighted by Crippen LogP contribution is 2.23. The molecule has 0 aromatic heterocycles. The van der Waals surface area contributed by atoms with Crippen molar-refractivity contribution in [2.45, 2.75) is 38.6 Å². The fraction of sp³-hybridized carbons (Fsp3) is 1.00. The predicted molar refractivity (Wildman–Crippen MR) is 48.5 cm³/mol. The summed E-state index contributed by atoms with van der Waals surface area (Å²) < 4.78 is 0. The molecule has 2 atom stereocenters. The van der Waals surface area contributed by atoms with Crippen LogP contribution in [0.4, 0.5) is 0 Å². The van der Waals surface area contributed by atoms with E-state index in [-0.39, 0.29) is 0 Å². The molecule has 0 spiro atoms. The van der Waals surface area contributed by atoms with Crippen LogP contribution in [-0.2, 0) is 0 Å². The molecule has 0 amide bonds. The average Bonchev–Trinajstić information content (AvgIpc) is 2.01. The van der Waals surface area contributed by atoms with Crippen molar-refractivity contribution in [1.29, 1.82) is 0 Å². The van der Waals surface area contributed by atoms with Gasteiger partial charge in [-0.25, -0.2) is 0 Å². The SMILES string of the molecule is CC1CCCC(NCCN)C1. The summed E-state index contributed by atoms with van der Waals surface area (Å²) in [5, 5.41) is 3.48. The van der Waals surface area contributed by atoms with Gasteiger partial charge in [0.05, 0.1) is 0 Å². The third-order valence-electron chi connectivity index (χ3n) is 2.51. The van der Waals surface area contributed by atoms with E-state index in [2.05, 4.69) is 12.2 Å². The Morgan fingerprint density at radius 1 is 1.45 bits per heavy atom. The zero-order valence-electron chi connectivity index (χ0n) is 7.47. The van der Waals surface area contributed by atoms with Gasteiger partial charge < -0.3 is 11.1 Å². The van der Waals surface area contributed by atoms with Gasteiger partial charge in [-0.2, -0.15) is 0 Å². The summed E-state index contributed by atoms with van der Waals surface area (Å²) in [5.74, 6) is 0.916. The van der Waals surface area contributed by atoms with Gasteiger partial charge in [-0.1, -0.05) is 19.8 Å². The van der Waals surface area contributed by atoms with Gasteiger partial charge in [-0.3, -0.25) is 0 Å². The Morgan fingerprint density at radius 2 is 2.27 bits per heavy atom. The highest BCUT2D eigenvalue weighted by molar-refractivity contribution is 4.75. The van der Waals surface area contributed by atoms with Crippen LogP contribution in [0.3, 0.4) is 0 Å². The molecule has 3 N–H and O–H groups in total. The Labute approximate surface area is 69.5 Å². The van der Waals surface area contributed by atoms with Crippen molar-refractivity contribution < 1.29 is 0 Å². The van der Waals surface area contributed by atoms with Crippen LogP contribution in [0, 0.1) is 5.92 Å². The fourth-order valence-corrected chi connectivity index (χ4v) is 1.91. The summed E-state index contributed by atoms with van der Waals surface area (Å²) in [4.78, 5) is 0. The number of nitrogens with two attached hydrogens (primary N) is 1. The van der Waals surface area contributed by atoms with E-state index in [4.69, 9.17) is 5.73 Å². The van der Waals surface area contributed by atoms with E-state index in [1.54, 1.807) is 0 Å². The second-order valence-corrected chi connectivity index (χ2v) is 3.71. The molecular weight excluding hydrogens is 136 g/mol. The lowest BCUT2D eigenvalue weighted by atomic mass is 9.87. The quantitative estimate of drug-likeness (QED) is 0.642. The van der Waals surface area contributed by atoms with Gasteiger partial charge in [0.2, 0.25) is 0 Å². The minimum Gasteiger partial charge on any atom is -0.329 e. The van der Waals surface area contributed by atoms with Crippen molar-refractivity contribution in [2.75, 3.05) is 13.1 Å². The number of hydrogen-bond acceptors (Lipinski definition) is 2. The van der Waals surface area contributed by atoms with E-state index in [9.17, 15) is 0 Å². The van der Waals surface area contributed by atoms with Crippen LogP contribution >= 0.6 is 0 Å². The lowest BCUT2D eigenvalue weighted by Gasteiger charge is -2.27. The van der Waals surface area contributed by atoms with Gasteiger partial charge in [-0.15, -0.1) is 0 Å². The van der Waals surface area contributed by atoms with Gasteiger partial charge in [0.1, 0.15) is 0 Å². The second kappa shape index (κ2) is 4.73. The summed E-state index contributed by atoms with van der Waals surface area (Å²) in [5.41, 5.74) is 5.42. The number of hydrogen-bond donors (Lipinski definition) is 2. The van der Waals surface area contributed by atoms with E-state index < -0.39 is 0 Å². The first kappa shape index (κ1) is 9.01. The normalized spacial score (nSPS) is 32.2. The lowest BCUT2D eigenvalue weighted by molar-refractivity contribution is 0.304. The van der Waals surface area contributed by atoms with Crippen LogP contribution in [-0.4, -0.2) is 19.1 Å². The van der Waals surface area contributed by atoms with E-state index in [1.165, 1.54) is 25.7 Å². The molecule has 1 fully saturated rings. The standard InChI is InChI=1S/C9H20N2/c1-8-3-2-4-9(7-8)11-6-5-10/h8-9,11H,2-7,10H2,1H3. The molecule has 1 saturated carbocycles. The third kappa shape index (κ3) is 3.21. The van der Waals surface area contributed by atoms with Crippen LogP contribution in [0.25, 0.3) is 0 Å². The van der Waals surface area contributed by atoms with Gasteiger partial charge in [0.25, 0.3) is 0 Å². The topological polar surface area (TPSA) is 38.0 Å². The Bertz CT molecular complexity index is 104. The Hall–Kier alpha value is -0.0800. The first-order valence-corrected chi connectivity index (χ1v) is 4.76. The maximum absolute atomic E-state index is 5.42. The van der Waals surface area contributed by atoms with Crippen molar-refractivity contribution >= 4 is 0 Å². The highest BCUT2D eigenvalue weighted by atomic mass is 14.9. The molecule has 0 aromatic carbocycles. The predicted octanol–water partition coefficient (Wildman–Crippen LogP) is 1.11. The summed E-state index contributed by atoms with van der Waals surface area (Å²) >= 11 is 0. The van der Waals surface area contributed by atoms with E-state index in [0.717, 1.165) is 25.0 Å². The van der Waals surface area contributed by atoms with E-state index in [0.29, 0.717) is 0 Å². The molecule has 0 aromatic rings. The zero-order valence-corrected chi connectivity index (χ0v) is 7.47. The molecule has 2 unspecified atom stereocenters. The monoisotopic (exact) mass is 156 g/mol. The van der Waals surface area contributed by atoms with E-state index >= 15 is 0 Å². The molecule has 1 aliphatic rings. The van der Waals surface area contributed by atoms with Gasteiger partial charge in [0.15, 0.2) is 0 Å². The highest BCUT2D eigenvalue weighted by Gasteiger charge is 2.17. The second-order valence-electron chi connectivity index (χ2n) is 3.71. The lowest BCUT2D eigenvalue weighted by Crippen LogP contribution is -2.36. The summed E-state index contributed by atoms with van der Waals surface area (Å²) in [7, 11) is 0. The Morgan fingerprint density at radius 3 is 2.91 bits per heavy atom. The summed E-state index contributed by atoms with van der Waals surface area (Å²) in [6.45, 7) is 4.10. The molecule has 11 heavy (non-hydrogen) atoms. The molecular formula is C9H20N2. The minimum atomic E-state index is 0.752. The maximum atomic E-state index is 5.42. The molecule has 1 rings (SSSR count). The maximum Gasteiger partial charge on any atom is 0.00770 e. The van der Waals surface area contributed by atoms with Crippen molar-refractivity contribution in [1.82, 2.24) is 5.32 Å². The molecule has 0 saturated heterocycles. The van der Waals surface area contributed by atoms with Gasteiger partial charge in [0, 0.05) is 19.1 Å². The number of rotatable bonds is 3. The summed E-state index contributed by atoms with van der Waals surface area (Å²) in [6, 6.07) is 0.752. The molecule has 2 heteroatoms. The zero-order chi connectivity index (χ0) is 8.10. The first-order chi connectivity index (χ1) is 5.33. The van der Waals surface area contributed by atoms with Crippen molar-refractivity contribution in [3.8, 4) is 0 Å². The Kier molecular flexibility index (Phi) is 3.87. The van der Waals surface area contributed by atoms with Gasteiger partial charge >= 0.3 is 0 Å². The van der Waals surface area contributed by atoms with Crippen LogP contribution in [0.15, 0.2) is 0 Å². The first-order valence-electron chi connectivity index (χ1n) is 4.76. The number of nitrogens with one attached hydrogen (secondary N) is 1. The van der Waals surface area contributed by atoms with Crippen LogP contribution < -0.4 is 11.1 Å². The summed E-state index contributed by atoms with van der Waals surface area (Å²) in [6.07, 6.45) is 5.51. The fourth-order valence-electron chi connectivity index (χ4n) is 1.91. The van der Waals surface area contributed by atoms with Crippen LogP contribution in [0.2, 0.25) is 0 Å². The van der Waals surface area contributed by atoms with Crippen LogP contribution in [0.1, 0.15) is 32.6 Å². The van der Waals surface area contributed by atoms with Crippen molar-refractivity contribution in [3.63, 3.8) is 0 Å². The molecule has 2 nitrogen and oxygen atoms in total. The molecule has 0 radical (unpaired) electrons. The van der Waals surface area contributed by atoms with Crippen molar-refractivity contribution in [2.24, 2.45) is 11.7 Å². The molecule has 0 aliphatic heterocycles. The minimum absolute atomic E-state index is 0.752. The Balaban J connectivity index is 2.12. The smallest absolute Gasteiger partial charge is 0.00770 e. The molecule has 0 heterocycles. The third-order valence-corrected chi connectivity index (χ3v) is 2.51.